The Bertz CT molecular complexity index is 986. The predicted molar refractivity (Wildman–Crippen MR) is 110 cm³/mol. The number of carbonyl (C=O) groups is 1. The Morgan fingerprint density at radius 2 is 1.90 bits per heavy atom. The highest BCUT2D eigenvalue weighted by molar-refractivity contribution is 7.91. The van der Waals surface area contributed by atoms with E-state index in [4.69, 9.17) is 15.2 Å². The quantitative estimate of drug-likeness (QED) is 0.763. The molecule has 2 aromatic rings. The zero-order chi connectivity index (χ0) is 21.2. The van der Waals surface area contributed by atoms with Crippen LogP contribution in [0.1, 0.15) is 39.2 Å². The second-order valence-corrected chi connectivity index (χ2v) is 9.98. The van der Waals surface area contributed by atoms with Gasteiger partial charge >= 0.3 is 6.09 Å². The number of rotatable bonds is 6. The summed E-state index contributed by atoms with van der Waals surface area (Å²) in [7, 11) is -3.60. The van der Waals surface area contributed by atoms with Gasteiger partial charge in [0.25, 0.3) is 0 Å². The van der Waals surface area contributed by atoms with Crippen molar-refractivity contribution in [1.82, 2.24) is 0 Å². The van der Waals surface area contributed by atoms with Crippen molar-refractivity contribution < 1.29 is 22.7 Å². The topological polar surface area (TPSA) is 95.7 Å². The Kier molecular flexibility index (Phi) is 5.89. The van der Waals surface area contributed by atoms with Gasteiger partial charge in [-0.3, -0.25) is 0 Å². The molecule has 1 amide bonds. The zero-order valence-electron chi connectivity index (χ0n) is 16.9. The monoisotopic (exact) mass is 417 g/mol. The van der Waals surface area contributed by atoms with Crippen molar-refractivity contribution in [2.75, 3.05) is 0 Å². The molecule has 0 fully saturated rings. The van der Waals surface area contributed by atoms with Gasteiger partial charge in [0.1, 0.15) is 11.4 Å². The summed E-state index contributed by atoms with van der Waals surface area (Å²) >= 11 is 0. The van der Waals surface area contributed by atoms with E-state index < -0.39 is 21.5 Å². The largest absolute Gasteiger partial charge is 0.490 e. The summed E-state index contributed by atoms with van der Waals surface area (Å²) < 4.78 is 37.2. The van der Waals surface area contributed by atoms with Crippen LogP contribution in [0.15, 0.2) is 58.3 Å². The number of aryl methyl sites for hydroxylation is 1. The number of benzene rings is 2. The molecule has 156 valence electrons. The molecular weight excluding hydrogens is 390 g/mol. The van der Waals surface area contributed by atoms with Gasteiger partial charge in [0, 0.05) is 0 Å². The first-order chi connectivity index (χ1) is 13.6. The van der Waals surface area contributed by atoms with Gasteiger partial charge in [-0.2, -0.15) is 0 Å². The highest BCUT2D eigenvalue weighted by Crippen LogP contribution is 2.35. The van der Waals surface area contributed by atoms with Gasteiger partial charge in [-0.25, -0.2) is 13.2 Å². The third-order valence-electron chi connectivity index (χ3n) is 5.60. The third kappa shape index (κ3) is 4.72. The van der Waals surface area contributed by atoms with Crippen LogP contribution in [0.25, 0.3) is 0 Å². The molecule has 0 aliphatic carbocycles. The van der Waals surface area contributed by atoms with Crippen molar-refractivity contribution in [3.8, 4) is 5.75 Å². The van der Waals surface area contributed by atoms with Gasteiger partial charge in [-0.05, 0) is 68.9 Å². The molecule has 2 aromatic carbocycles. The van der Waals surface area contributed by atoms with E-state index in [0.717, 1.165) is 18.4 Å². The van der Waals surface area contributed by atoms with E-state index in [-0.39, 0.29) is 21.8 Å². The minimum atomic E-state index is -3.60. The zero-order valence-corrected chi connectivity index (χ0v) is 17.7. The van der Waals surface area contributed by atoms with Crippen LogP contribution < -0.4 is 10.5 Å². The minimum absolute atomic E-state index is 0.0118. The Morgan fingerprint density at radius 3 is 2.55 bits per heavy atom. The smallest absolute Gasteiger partial charge is 0.405 e. The third-order valence-corrected chi connectivity index (χ3v) is 7.37. The molecule has 3 rings (SSSR count). The lowest BCUT2D eigenvalue weighted by atomic mass is 9.85. The number of hydrogen-bond donors (Lipinski definition) is 1. The molecular formula is C22H27NO5S. The van der Waals surface area contributed by atoms with Gasteiger partial charge in [0.2, 0.25) is 9.84 Å². The predicted octanol–water partition coefficient (Wildman–Crippen LogP) is 4.11. The summed E-state index contributed by atoms with van der Waals surface area (Å²) in [5.74, 6) is 0.608. The van der Waals surface area contributed by atoms with Crippen LogP contribution in [0.5, 0.6) is 5.75 Å². The number of primary amides is 1. The number of amides is 1. The first-order valence-electron chi connectivity index (χ1n) is 9.68. The van der Waals surface area contributed by atoms with E-state index >= 15 is 0 Å². The molecule has 0 radical (unpaired) electrons. The standard InChI is InChI=1S/C22H27NO5S/c1-15(22(2,3)28-21(23)24)13-17-11-9-16-10-12-19(14-20(16)27-17)29(25,26)18-7-5-4-6-8-18/h4-8,10,12,14-15,17H,9,11,13H2,1-3H3,(H2,23,24). The highest BCUT2D eigenvalue weighted by atomic mass is 32.2. The molecule has 2 N–H and O–H groups in total. The van der Waals surface area contributed by atoms with Gasteiger partial charge < -0.3 is 15.2 Å². The average Bonchev–Trinajstić information content (AvgIpc) is 2.67. The van der Waals surface area contributed by atoms with Crippen molar-refractivity contribution in [2.24, 2.45) is 11.7 Å². The Morgan fingerprint density at radius 1 is 1.21 bits per heavy atom. The molecule has 1 aliphatic heterocycles. The lowest BCUT2D eigenvalue weighted by Crippen LogP contribution is -2.40. The van der Waals surface area contributed by atoms with E-state index in [1.165, 1.54) is 0 Å². The number of ether oxygens (including phenoxy) is 2. The van der Waals surface area contributed by atoms with Gasteiger partial charge in [-0.1, -0.05) is 31.2 Å². The maximum Gasteiger partial charge on any atom is 0.405 e. The maximum absolute atomic E-state index is 12.9. The first-order valence-corrected chi connectivity index (χ1v) is 11.2. The molecule has 29 heavy (non-hydrogen) atoms. The Balaban J connectivity index is 1.78. The molecule has 0 saturated carbocycles. The maximum atomic E-state index is 12.9. The van der Waals surface area contributed by atoms with Crippen LogP contribution in [0.3, 0.4) is 0 Å². The molecule has 0 spiro atoms. The van der Waals surface area contributed by atoms with Gasteiger partial charge in [-0.15, -0.1) is 0 Å². The Hall–Kier alpha value is -2.54. The van der Waals surface area contributed by atoms with Gasteiger partial charge in [0.05, 0.1) is 15.9 Å². The van der Waals surface area contributed by atoms with Crippen molar-refractivity contribution in [3.05, 3.63) is 54.1 Å². The molecule has 0 aromatic heterocycles. The molecule has 1 aliphatic rings. The van der Waals surface area contributed by atoms with Crippen LogP contribution in [-0.4, -0.2) is 26.2 Å². The molecule has 2 unspecified atom stereocenters. The van der Waals surface area contributed by atoms with E-state index in [9.17, 15) is 13.2 Å². The number of fused-ring (bicyclic) bond motifs is 1. The fraction of sp³-hybridized carbons (Fsp3) is 0.409. The molecule has 0 saturated heterocycles. The first kappa shape index (κ1) is 21.2. The molecule has 6 nitrogen and oxygen atoms in total. The normalized spacial score (nSPS) is 17.7. The van der Waals surface area contributed by atoms with Crippen LogP contribution >= 0.6 is 0 Å². The van der Waals surface area contributed by atoms with Crippen molar-refractivity contribution in [1.29, 1.82) is 0 Å². The summed E-state index contributed by atoms with van der Waals surface area (Å²) in [6.45, 7) is 5.63. The van der Waals surface area contributed by atoms with Crippen LogP contribution in [0.4, 0.5) is 4.79 Å². The summed E-state index contributed by atoms with van der Waals surface area (Å²) in [4.78, 5) is 11.6. The van der Waals surface area contributed by atoms with Crippen LogP contribution in [0.2, 0.25) is 0 Å². The lowest BCUT2D eigenvalue weighted by Gasteiger charge is -2.35. The van der Waals surface area contributed by atoms with E-state index in [0.29, 0.717) is 12.2 Å². The van der Waals surface area contributed by atoms with E-state index in [2.05, 4.69) is 0 Å². The van der Waals surface area contributed by atoms with Gasteiger partial charge in [0.15, 0.2) is 0 Å². The number of carbonyl (C=O) groups excluding carboxylic acids is 1. The van der Waals surface area contributed by atoms with Crippen molar-refractivity contribution in [3.63, 3.8) is 0 Å². The van der Waals surface area contributed by atoms with Crippen molar-refractivity contribution in [2.45, 2.75) is 61.5 Å². The number of nitrogens with two attached hydrogens (primary N) is 1. The van der Waals surface area contributed by atoms with Crippen LogP contribution in [0, 0.1) is 5.92 Å². The Labute approximate surface area is 171 Å². The highest BCUT2D eigenvalue weighted by Gasteiger charge is 2.33. The van der Waals surface area contributed by atoms with Crippen LogP contribution in [-0.2, 0) is 21.0 Å². The molecule has 1 heterocycles. The number of hydrogen-bond acceptors (Lipinski definition) is 5. The fourth-order valence-electron chi connectivity index (χ4n) is 3.51. The summed E-state index contributed by atoms with van der Waals surface area (Å²) in [6.07, 6.45) is 1.38. The summed E-state index contributed by atoms with van der Waals surface area (Å²) in [5, 5.41) is 0. The lowest BCUT2D eigenvalue weighted by molar-refractivity contribution is -0.0122. The summed E-state index contributed by atoms with van der Waals surface area (Å²) in [6, 6.07) is 13.4. The molecule has 0 bridgehead atoms. The van der Waals surface area contributed by atoms with Crippen molar-refractivity contribution >= 4 is 15.9 Å². The molecule has 7 heteroatoms. The second kappa shape index (κ2) is 8.06. The fourth-order valence-corrected chi connectivity index (χ4v) is 4.81. The molecule has 2 atom stereocenters. The second-order valence-electron chi connectivity index (χ2n) is 8.03. The number of sulfone groups is 1. The summed E-state index contributed by atoms with van der Waals surface area (Å²) in [5.41, 5.74) is 5.45. The SMILES string of the molecule is CC(CC1CCc2ccc(S(=O)(=O)c3ccccc3)cc2O1)C(C)(C)OC(N)=O. The average molecular weight is 418 g/mol. The van der Waals surface area contributed by atoms with E-state index in [1.807, 2.05) is 26.8 Å². The minimum Gasteiger partial charge on any atom is -0.490 e. The van der Waals surface area contributed by atoms with E-state index in [1.54, 1.807) is 42.5 Å².